The maximum atomic E-state index is 11.5. The van der Waals surface area contributed by atoms with Gasteiger partial charge in [-0.15, -0.1) is 0 Å². The third-order valence-electron chi connectivity index (χ3n) is 2.36. The predicted octanol–water partition coefficient (Wildman–Crippen LogP) is -0.549. The highest BCUT2D eigenvalue weighted by Gasteiger charge is 2.17. The third-order valence-corrected chi connectivity index (χ3v) is 4.91. The summed E-state index contributed by atoms with van der Waals surface area (Å²) in [5.74, 6) is -2.24. The van der Waals surface area contributed by atoms with E-state index in [2.05, 4.69) is 4.72 Å². The molecule has 0 saturated heterocycles. The summed E-state index contributed by atoms with van der Waals surface area (Å²) in [5.41, 5.74) is 0. The van der Waals surface area contributed by atoms with Crippen LogP contribution in [0.15, 0.2) is 0 Å². The topological polar surface area (TPSA) is 118 Å². The van der Waals surface area contributed by atoms with Crippen LogP contribution in [0.3, 0.4) is 0 Å². The maximum Gasteiger partial charge on any atom is 0.303 e. The average molecular weight is 301 g/mol. The Labute approximate surface area is 108 Å². The SMILES string of the molecule is CCC(CNS(=O)(=O)CCS(C)(=O)=O)CC(=O)O. The van der Waals surface area contributed by atoms with E-state index in [1.807, 2.05) is 0 Å². The van der Waals surface area contributed by atoms with Gasteiger partial charge in [0.05, 0.1) is 11.5 Å². The molecule has 0 rings (SSSR count). The van der Waals surface area contributed by atoms with Crippen LogP contribution < -0.4 is 4.72 Å². The van der Waals surface area contributed by atoms with Crippen molar-refractivity contribution in [1.29, 1.82) is 0 Å². The molecule has 0 saturated carbocycles. The fourth-order valence-corrected chi connectivity index (χ4v) is 3.91. The van der Waals surface area contributed by atoms with Crippen LogP contribution in [0, 0.1) is 5.92 Å². The number of carbonyl (C=O) groups is 1. The molecule has 0 heterocycles. The Hall–Kier alpha value is -0.670. The van der Waals surface area contributed by atoms with E-state index in [9.17, 15) is 21.6 Å². The van der Waals surface area contributed by atoms with Crippen LogP contribution in [0.25, 0.3) is 0 Å². The van der Waals surface area contributed by atoms with Crippen LogP contribution in [0.4, 0.5) is 0 Å². The van der Waals surface area contributed by atoms with E-state index in [0.29, 0.717) is 6.42 Å². The van der Waals surface area contributed by atoms with Gasteiger partial charge in [-0.05, 0) is 5.92 Å². The maximum absolute atomic E-state index is 11.5. The zero-order valence-corrected chi connectivity index (χ0v) is 12.1. The quantitative estimate of drug-likeness (QED) is 0.590. The molecule has 0 bridgehead atoms. The van der Waals surface area contributed by atoms with Gasteiger partial charge in [0.25, 0.3) is 0 Å². The van der Waals surface area contributed by atoms with E-state index in [-0.39, 0.29) is 18.9 Å². The summed E-state index contributed by atoms with van der Waals surface area (Å²) in [6.45, 7) is 1.77. The molecular weight excluding hydrogens is 282 g/mol. The Morgan fingerprint density at radius 3 is 2.17 bits per heavy atom. The van der Waals surface area contributed by atoms with Crippen molar-refractivity contribution < 1.29 is 26.7 Å². The lowest BCUT2D eigenvalue weighted by Gasteiger charge is -2.13. The molecule has 9 heteroatoms. The van der Waals surface area contributed by atoms with Crippen molar-refractivity contribution in [3.05, 3.63) is 0 Å². The predicted molar refractivity (Wildman–Crippen MR) is 67.5 cm³/mol. The molecule has 108 valence electrons. The smallest absolute Gasteiger partial charge is 0.303 e. The fourth-order valence-electron chi connectivity index (χ4n) is 1.19. The van der Waals surface area contributed by atoms with Gasteiger partial charge in [0, 0.05) is 19.2 Å². The minimum absolute atomic E-state index is 0.00882. The molecule has 18 heavy (non-hydrogen) atoms. The highest BCUT2D eigenvalue weighted by Crippen LogP contribution is 2.07. The van der Waals surface area contributed by atoms with E-state index < -0.39 is 37.3 Å². The molecule has 1 unspecified atom stereocenters. The minimum atomic E-state index is -3.68. The zero-order chi connectivity index (χ0) is 14.4. The molecular formula is C9H19NO6S2. The molecule has 0 amide bonds. The number of carboxylic acids is 1. The van der Waals surface area contributed by atoms with Gasteiger partial charge in [0.15, 0.2) is 0 Å². The summed E-state index contributed by atoms with van der Waals surface area (Å²) in [7, 11) is -7.01. The third kappa shape index (κ3) is 9.37. The van der Waals surface area contributed by atoms with Crippen molar-refractivity contribution in [2.45, 2.75) is 19.8 Å². The molecule has 1 atom stereocenters. The highest BCUT2D eigenvalue weighted by atomic mass is 32.2. The lowest BCUT2D eigenvalue weighted by molar-refractivity contribution is -0.138. The van der Waals surface area contributed by atoms with Gasteiger partial charge in [-0.2, -0.15) is 0 Å². The highest BCUT2D eigenvalue weighted by molar-refractivity contribution is 7.93. The summed E-state index contributed by atoms with van der Waals surface area (Å²) in [6.07, 6.45) is 1.37. The first-order valence-electron chi connectivity index (χ1n) is 5.42. The van der Waals surface area contributed by atoms with Gasteiger partial charge in [-0.25, -0.2) is 21.6 Å². The van der Waals surface area contributed by atoms with Gasteiger partial charge in [0.1, 0.15) is 9.84 Å². The van der Waals surface area contributed by atoms with Crippen LogP contribution in [0.1, 0.15) is 19.8 Å². The number of carboxylic acid groups (broad SMARTS) is 1. The van der Waals surface area contributed by atoms with Crippen molar-refractivity contribution >= 4 is 25.8 Å². The van der Waals surface area contributed by atoms with Crippen molar-refractivity contribution in [3.8, 4) is 0 Å². The lowest BCUT2D eigenvalue weighted by Crippen LogP contribution is -2.33. The Morgan fingerprint density at radius 1 is 1.22 bits per heavy atom. The van der Waals surface area contributed by atoms with Crippen LogP contribution in [0.2, 0.25) is 0 Å². The summed E-state index contributed by atoms with van der Waals surface area (Å²) in [6, 6.07) is 0. The number of hydrogen-bond donors (Lipinski definition) is 2. The fraction of sp³-hybridized carbons (Fsp3) is 0.889. The van der Waals surface area contributed by atoms with E-state index in [4.69, 9.17) is 5.11 Å². The number of nitrogens with one attached hydrogen (secondary N) is 1. The molecule has 0 fully saturated rings. The van der Waals surface area contributed by atoms with Crippen LogP contribution in [-0.2, 0) is 24.7 Å². The number of rotatable bonds is 9. The Kier molecular flexibility index (Phi) is 6.79. The van der Waals surface area contributed by atoms with Gasteiger partial charge in [-0.3, -0.25) is 4.79 Å². The van der Waals surface area contributed by atoms with Gasteiger partial charge in [0.2, 0.25) is 10.0 Å². The average Bonchev–Trinajstić information content (AvgIpc) is 2.20. The van der Waals surface area contributed by atoms with Crippen LogP contribution in [-0.4, -0.2) is 52.2 Å². The van der Waals surface area contributed by atoms with Crippen LogP contribution in [0.5, 0.6) is 0 Å². The van der Waals surface area contributed by atoms with E-state index >= 15 is 0 Å². The number of hydrogen-bond acceptors (Lipinski definition) is 5. The van der Waals surface area contributed by atoms with Crippen molar-refractivity contribution in [2.75, 3.05) is 24.3 Å². The molecule has 0 aromatic rings. The summed E-state index contributed by atoms with van der Waals surface area (Å²) in [4.78, 5) is 10.5. The van der Waals surface area contributed by atoms with Crippen LogP contribution >= 0.6 is 0 Å². The largest absolute Gasteiger partial charge is 0.481 e. The van der Waals surface area contributed by atoms with Gasteiger partial charge in [-0.1, -0.05) is 13.3 Å². The van der Waals surface area contributed by atoms with E-state index in [1.165, 1.54) is 0 Å². The zero-order valence-electron chi connectivity index (χ0n) is 10.4. The second-order valence-electron chi connectivity index (χ2n) is 4.17. The van der Waals surface area contributed by atoms with Crippen molar-refractivity contribution in [2.24, 2.45) is 5.92 Å². The molecule has 0 aromatic heterocycles. The summed E-state index contributed by atoms with van der Waals surface area (Å²) in [5, 5.41) is 8.60. The van der Waals surface area contributed by atoms with Crippen molar-refractivity contribution in [3.63, 3.8) is 0 Å². The molecule has 0 spiro atoms. The molecule has 0 aliphatic carbocycles. The first-order chi connectivity index (χ1) is 8.06. The summed E-state index contributed by atoms with van der Waals surface area (Å²) >= 11 is 0. The molecule has 0 aromatic carbocycles. The van der Waals surface area contributed by atoms with Gasteiger partial charge >= 0.3 is 5.97 Å². The molecule has 0 aliphatic heterocycles. The monoisotopic (exact) mass is 301 g/mol. The molecule has 2 N–H and O–H groups in total. The van der Waals surface area contributed by atoms with E-state index in [1.54, 1.807) is 6.92 Å². The second-order valence-corrected chi connectivity index (χ2v) is 8.36. The molecule has 7 nitrogen and oxygen atoms in total. The Balaban J connectivity index is 4.29. The number of aliphatic carboxylic acids is 1. The second kappa shape index (κ2) is 7.05. The van der Waals surface area contributed by atoms with Crippen molar-refractivity contribution in [1.82, 2.24) is 4.72 Å². The first-order valence-corrected chi connectivity index (χ1v) is 9.14. The standard InChI is InChI=1S/C9H19NO6S2/c1-3-8(6-9(11)12)7-10-18(15,16)5-4-17(2,13)14/h8,10H,3-7H2,1-2H3,(H,11,12). The minimum Gasteiger partial charge on any atom is -0.481 e. The van der Waals surface area contributed by atoms with Gasteiger partial charge < -0.3 is 5.11 Å². The number of sulfone groups is 1. The normalized spacial score (nSPS) is 14.3. The molecule has 0 radical (unpaired) electrons. The molecule has 0 aliphatic rings. The first kappa shape index (κ1) is 17.3. The summed E-state index contributed by atoms with van der Waals surface area (Å²) < 4.78 is 46.8. The lowest BCUT2D eigenvalue weighted by atomic mass is 10.0. The number of sulfonamides is 1. The Bertz CT molecular complexity index is 467. The van der Waals surface area contributed by atoms with E-state index in [0.717, 1.165) is 6.26 Å². The Morgan fingerprint density at radius 2 is 1.78 bits per heavy atom.